The molecule has 5 N–H and O–H groups in total. The number of nitrogens with one attached hydrogen (secondary N) is 1. The number of carbonyl (C=O) groups is 1. The first kappa shape index (κ1) is 13.3. The first-order chi connectivity index (χ1) is 8.15. The predicted octanol–water partition coefficient (Wildman–Crippen LogP) is 1.21. The molecule has 0 atom stereocenters. The minimum atomic E-state index is -0.469. The lowest BCUT2D eigenvalue weighted by molar-refractivity contribution is 0.100. The second kappa shape index (κ2) is 6.75. The van der Waals surface area contributed by atoms with Crippen molar-refractivity contribution in [1.29, 1.82) is 0 Å². The van der Waals surface area contributed by atoms with E-state index in [4.69, 9.17) is 16.2 Å². The van der Waals surface area contributed by atoms with E-state index in [1.807, 2.05) is 0 Å². The third-order valence-electron chi connectivity index (χ3n) is 2.43. The van der Waals surface area contributed by atoms with Crippen LogP contribution in [0, 0.1) is 0 Å². The molecule has 0 saturated carbocycles. The molecule has 5 nitrogen and oxygen atoms in total. The lowest BCUT2D eigenvalue weighted by Crippen LogP contribution is -2.12. The average molecular weight is 237 g/mol. The summed E-state index contributed by atoms with van der Waals surface area (Å²) in [5.74, 6) is -0.469. The van der Waals surface area contributed by atoms with Crippen LogP contribution in [0.5, 0.6) is 0 Å². The third-order valence-corrected chi connectivity index (χ3v) is 2.43. The number of unbranched alkanes of at least 4 members (excludes halogenated alkanes) is 1. The summed E-state index contributed by atoms with van der Waals surface area (Å²) < 4.78 is 4.96. The Morgan fingerprint density at radius 3 is 2.76 bits per heavy atom. The molecule has 0 aromatic heterocycles. The molecule has 1 aromatic carbocycles. The molecule has 5 heteroatoms. The number of ether oxygens (including phenoxy) is 1. The van der Waals surface area contributed by atoms with Gasteiger partial charge in [-0.15, -0.1) is 0 Å². The SMILES string of the molecule is COCCCCNc1ccc(C(N)=O)cc1N. The number of hydrogen-bond donors (Lipinski definition) is 3. The number of primary amides is 1. The third kappa shape index (κ3) is 4.32. The van der Waals surface area contributed by atoms with Gasteiger partial charge in [-0.05, 0) is 31.0 Å². The van der Waals surface area contributed by atoms with E-state index in [1.165, 1.54) is 0 Å². The van der Waals surface area contributed by atoms with Crippen molar-refractivity contribution in [3.05, 3.63) is 23.8 Å². The molecule has 0 aliphatic rings. The fourth-order valence-electron chi connectivity index (χ4n) is 1.47. The number of anilines is 2. The molecule has 0 spiro atoms. The molecule has 94 valence electrons. The number of benzene rings is 1. The van der Waals surface area contributed by atoms with Crippen LogP contribution in [0.1, 0.15) is 23.2 Å². The van der Waals surface area contributed by atoms with E-state index in [0.29, 0.717) is 11.3 Å². The summed E-state index contributed by atoms with van der Waals surface area (Å²) in [4.78, 5) is 10.9. The van der Waals surface area contributed by atoms with Crippen molar-refractivity contribution in [3.63, 3.8) is 0 Å². The molecule has 17 heavy (non-hydrogen) atoms. The van der Waals surface area contributed by atoms with Gasteiger partial charge in [0.25, 0.3) is 0 Å². The number of hydrogen-bond acceptors (Lipinski definition) is 4. The quantitative estimate of drug-likeness (QED) is 0.491. The van der Waals surface area contributed by atoms with E-state index in [2.05, 4.69) is 5.32 Å². The van der Waals surface area contributed by atoms with Gasteiger partial charge >= 0.3 is 0 Å². The summed E-state index contributed by atoms with van der Waals surface area (Å²) >= 11 is 0. The highest BCUT2D eigenvalue weighted by Crippen LogP contribution is 2.19. The largest absolute Gasteiger partial charge is 0.397 e. The van der Waals surface area contributed by atoms with Gasteiger partial charge in [0.05, 0.1) is 11.4 Å². The van der Waals surface area contributed by atoms with Gasteiger partial charge in [0.15, 0.2) is 0 Å². The molecule has 0 radical (unpaired) electrons. The summed E-state index contributed by atoms with van der Waals surface area (Å²) in [6.07, 6.45) is 2.01. The number of nitrogen functional groups attached to an aromatic ring is 1. The van der Waals surface area contributed by atoms with Crippen LogP contribution < -0.4 is 16.8 Å². The lowest BCUT2D eigenvalue weighted by atomic mass is 10.1. The number of methoxy groups -OCH3 is 1. The van der Waals surface area contributed by atoms with Crippen LogP contribution in [-0.4, -0.2) is 26.2 Å². The van der Waals surface area contributed by atoms with Crippen LogP contribution in [0.15, 0.2) is 18.2 Å². The summed E-state index contributed by atoms with van der Waals surface area (Å²) in [5.41, 5.74) is 12.7. The fourth-order valence-corrected chi connectivity index (χ4v) is 1.47. The van der Waals surface area contributed by atoms with E-state index in [0.717, 1.165) is 31.7 Å². The van der Waals surface area contributed by atoms with E-state index >= 15 is 0 Å². The maximum atomic E-state index is 10.9. The zero-order valence-corrected chi connectivity index (χ0v) is 10.0. The number of amides is 1. The summed E-state index contributed by atoms with van der Waals surface area (Å²) in [7, 11) is 1.69. The minimum absolute atomic E-state index is 0.424. The van der Waals surface area contributed by atoms with Gasteiger partial charge in [-0.1, -0.05) is 0 Å². The van der Waals surface area contributed by atoms with Gasteiger partial charge in [0, 0.05) is 25.8 Å². The molecular weight excluding hydrogens is 218 g/mol. The Balaban J connectivity index is 2.46. The Labute approximate surface area is 101 Å². The maximum Gasteiger partial charge on any atom is 0.248 e. The lowest BCUT2D eigenvalue weighted by Gasteiger charge is -2.09. The van der Waals surface area contributed by atoms with Crippen LogP contribution in [0.4, 0.5) is 11.4 Å². The van der Waals surface area contributed by atoms with Crippen LogP contribution in [-0.2, 0) is 4.74 Å². The average Bonchev–Trinajstić information content (AvgIpc) is 2.30. The zero-order chi connectivity index (χ0) is 12.7. The molecular formula is C12H19N3O2. The Morgan fingerprint density at radius 2 is 2.18 bits per heavy atom. The van der Waals surface area contributed by atoms with E-state index in [1.54, 1.807) is 25.3 Å². The maximum absolute atomic E-state index is 10.9. The standard InChI is InChI=1S/C12H19N3O2/c1-17-7-3-2-6-15-11-5-4-9(12(14)16)8-10(11)13/h4-5,8,15H,2-3,6-7,13H2,1H3,(H2,14,16). The van der Waals surface area contributed by atoms with Crippen LogP contribution in [0.2, 0.25) is 0 Å². The second-order valence-electron chi connectivity index (χ2n) is 3.79. The normalized spacial score (nSPS) is 10.2. The molecule has 1 aromatic rings. The van der Waals surface area contributed by atoms with Crippen molar-refractivity contribution < 1.29 is 9.53 Å². The van der Waals surface area contributed by atoms with E-state index < -0.39 is 5.91 Å². The highest BCUT2D eigenvalue weighted by molar-refractivity contribution is 5.94. The molecule has 0 fully saturated rings. The summed E-state index contributed by atoms with van der Waals surface area (Å²) in [5, 5.41) is 3.21. The van der Waals surface area contributed by atoms with Gasteiger partial charge < -0.3 is 21.5 Å². The summed E-state index contributed by atoms with van der Waals surface area (Å²) in [6, 6.07) is 5.02. The Morgan fingerprint density at radius 1 is 1.41 bits per heavy atom. The van der Waals surface area contributed by atoms with Crippen molar-refractivity contribution in [2.75, 3.05) is 31.3 Å². The highest BCUT2D eigenvalue weighted by Gasteiger charge is 2.04. The van der Waals surface area contributed by atoms with E-state index in [-0.39, 0.29) is 0 Å². The number of carbonyl (C=O) groups excluding carboxylic acids is 1. The van der Waals surface area contributed by atoms with Gasteiger partial charge in [0.1, 0.15) is 0 Å². The Bertz CT molecular complexity index is 380. The van der Waals surface area contributed by atoms with Crippen molar-refractivity contribution >= 4 is 17.3 Å². The van der Waals surface area contributed by atoms with Gasteiger partial charge in [-0.25, -0.2) is 0 Å². The van der Waals surface area contributed by atoms with Crippen LogP contribution >= 0.6 is 0 Å². The Kier molecular flexibility index (Phi) is 5.29. The molecule has 0 unspecified atom stereocenters. The van der Waals surface area contributed by atoms with Gasteiger partial charge in [-0.2, -0.15) is 0 Å². The smallest absolute Gasteiger partial charge is 0.248 e. The monoisotopic (exact) mass is 237 g/mol. The second-order valence-corrected chi connectivity index (χ2v) is 3.79. The number of nitrogens with two attached hydrogens (primary N) is 2. The molecule has 1 amide bonds. The van der Waals surface area contributed by atoms with Crippen LogP contribution in [0.3, 0.4) is 0 Å². The summed E-state index contributed by atoms with van der Waals surface area (Å²) in [6.45, 7) is 1.58. The minimum Gasteiger partial charge on any atom is -0.397 e. The van der Waals surface area contributed by atoms with Crippen LogP contribution in [0.25, 0.3) is 0 Å². The predicted molar refractivity (Wildman–Crippen MR) is 69.0 cm³/mol. The molecule has 0 aliphatic carbocycles. The molecule has 0 aliphatic heterocycles. The van der Waals surface area contributed by atoms with Gasteiger partial charge in [0.2, 0.25) is 5.91 Å². The first-order valence-corrected chi connectivity index (χ1v) is 5.57. The number of rotatable bonds is 7. The van der Waals surface area contributed by atoms with Gasteiger partial charge in [-0.3, -0.25) is 4.79 Å². The zero-order valence-electron chi connectivity index (χ0n) is 10.0. The Hall–Kier alpha value is -1.75. The molecule has 1 rings (SSSR count). The van der Waals surface area contributed by atoms with Crippen molar-refractivity contribution in [3.8, 4) is 0 Å². The molecule has 0 bridgehead atoms. The molecule has 0 saturated heterocycles. The fraction of sp³-hybridized carbons (Fsp3) is 0.417. The van der Waals surface area contributed by atoms with Crippen molar-refractivity contribution in [2.24, 2.45) is 5.73 Å². The van der Waals surface area contributed by atoms with Crippen molar-refractivity contribution in [1.82, 2.24) is 0 Å². The van der Waals surface area contributed by atoms with E-state index in [9.17, 15) is 4.79 Å². The van der Waals surface area contributed by atoms with Crippen molar-refractivity contribution in [2.45, 2.75) is 12.8 Å². The highest BCUT2D eigenvalue weighted by atomic mass is 16.5. The molecule has 0 heterocycles. The first-order valence-electron chi connectivity index (χ1n) is 5.57. The topological polar surface area (TPSA) is 90.4 Å².